The van der Waals surface area contributed by atoms with Gasteiger partial charge in [-0.15, -0.1) is 0 Å². The van der Waals surface area contributed by atoms with Crippen LogP contribution < -0.4 is 0 Å². The van der Waals surface area contributed by atoms with Gasteiger partial charge in [0.25, 0.3) is 0 Å². The van der Waals surface area contributed by atoms with Crippen molar-refractivity contribution >= 4 is 5.97 Å². The minimum Gasteiger partial charge on any atom is -0.475 e. The van der Waals surface area contributed by atoms with Gasteiger partial charge in [-0.3, -0.25) is 0 Å². The SMILES string of the molecule is CCc1ccc(C)cc1-c1cc(C(=O)O)on1. The van der Waals surface area contributed by atoms with E-state index in [0.717, 1.165) is 23.1 Å². The lowest BCUT2D eigenvalue weighted by Gasteiger charge is -2.05. The smallest absolute Gasteiger partial charge is 0.374 e. The Morgan fingerprint density at radius 1 is 1.41 bits per heavy atom. The molecule has 0 fully saturated rings. The Morgan fingerprint density at radius 3 is 2.76 bits per heavy atom. The molecule has 0 spiro atoms. The molecule has 0 amide bonds. The van der Waals surface area contributed by atoms with Gasteiger partial charge in [0, 0.05) is 11.6 Å². The van der Waals surface area contributed by atoms with E-state index in [9.17, 15) is 4.79 Å². The first-order chi connectivity index (χ1) is 8.11. The molecule has 0 saturated heterocycles. The number of carboxylic acid groups (broad SMARTS) is 1. The summed E-state index contributed by atoms with van der Waals surface area (Å²) in [6, 6.07) is 7.50. The fourth-order valence-corrected chi connectivity index (χ4v) is 1.74. The van der Waals surface area contributed by atoms with Crippen LogP contribution >= 0.6 is 0 Å². The molecule has 0 unspecified atom stereocenters. The number of aromatic carboxylic acids is 1. The predicted octanol–water partition coefficient (Wildman–Crippen LogP) is 2.91. The van der Waals surface area contributed by atoms with Gasteiger partial charge in [0.1, 0.15) is 5.69 Å². The average Bonchev–Trinajstić information content (AvgIpc) is 2.78. The van der Waals surface area contributed by atoms with Gasteiger partial charge in [-0.2, -0.15) is 0 Å². The van der Waals surface area contributed by atoms with Gasteiger partial charge in [0.05, 0.1) is 0 Å². The monoisotopic (exact) mass is 231 g/mol. The predicted molar refractivity (Wildman–Crippen MR) is 63.0 cm³/mol. The summed E-state index contributed by atoms with van der Waals surface area (Å²) in [5, 5.41) is 12.6. The first kappa shape index (κ1) is 11.4. The molecular weight excluding hydrogens is 218 g/mol. The summed E-state index contributed by atoms with van der Waals surface area (Å²) in [4.78, 5) is 10.7. The van der Waals surface area contributed by atoms with Crippen molar-refractivity contribution < 1.29 is 14.4 Å². The molecule has 4 nitrogen and oxygen atoms in total. The first-order valence-corrected chi connectivity index (χ1v) is 5.41. The van der Waals surface area contributed by atoms with Crippen molar-refractivity contribution in [2.45, 2.75) is 20.3 Å². The summed E-state index contributed by atoms with van der Waals surface area (Å²) in [5.41, 5.74) is 3.74. The summed E-state index contributed by atoms with van der Waals surface area (Å²) in [7, 11) is 0. The minimum atomic E-state index is -1.10. The molecule has 1 aromatic carbocycles. The molecule has 4 heteroatoms. The number of aromatic nitrogens is 1. The van der Waals surface area contributed by atoms with Gasteiger partial charge in [-0.25, -0.2) is 4.79 Å². The van der Waals surface area contributed by atoms with Crippen LogP contribution in [0.4, 0.5) is 0 Å². The summed E-state index contributed by atoms with van der Waals surface area (Å²) >= 11 is 0. The highest BCUT2D eigenvalue weighted by atomic mass is 16.5. The maximum Gasteiger partial charge on any atom is 0.374 e. The van der Waals surface area contributed by atoms with Crippen molar-refractivity contribution in [2.24, 2.45) is 0 Å². The van der Waals surface area contributed by atoms with Gasteiger partial charge >= 0.3 is 5.97 Å². The number of nitrogens with zero attached hydrogens (tertiary/aromatic N) is 1. The Labute approximate surface area is 98.9 Å². The Hall–Kier alpha value is -2.10. The van der Waals surface area contributed by atoms with Crippen molar-refractivity contribution in [3.05, 3.63) is 41.2 Å². The number of aryl methyl sites for hydroxylation is 2. The molecule has 0 bridgehead atoms. The summed E-state index contributed by atoms with van der Waals surface area (Å²) in [6.45, 7) is 4.04. The zero-order valence-corrected chi connectivity index (χ0v) is 9.73. The van der Waals surface area contributed by atoms with E-state index in [2.05, 4.69) is 5.16 Å². The van der Waals surface area contributed by atoms with Crippen LogP contribution in [0.5, 0.6) is 0 Å². The second kappa shape index (κ2) is 4.41. The van der Waals surface area contributed by atoms with Gasteiger partial charge in [0.15, 0.2) is 0 Å². The van der Waals surface area contributed by atoms with E-state index in [1.165, 1.54) is 6.07 Å². The molecule has 2 rings (SSSR count). The minimum absolute atomic E-state index is 0.136. The average molecular weight is 231 g/mol. The van der Waals surface area contributed by atoms with Gasteiger partial charge in [-0.1, -0.05) is 29.8 Å². The number of rotatable bonds is 3. The van der Waals surface area contributed by atoms with Crippen LogP contribution in [0.1, 0.15) is 28.6 Å². The van der Waals surface area contributed by atoms with E-state index in [0.29, 0.717) is 5.69 Å². The Morgan fingerprint density at radius 2 is 2.18 bits per heavy atom. The summed E-state index contributed by atoms with van der Waals surface area (Å²) in [5.74, 6) is -1.24. The Bertz CT molecular complexity index is 558. The highest BCUT2D eigenvalue weighted by Gasteiger charge is 2.14. The van der Waals surface area contributed by atoms with Crippen LogP contribution in [0.25, 0.3) is 11.3 Å². The third-order valence-electron chi connectivity index (χ3n) is 2.64. The molecular formula is C13H13NO3. The van der Waals surface area contributed by atoms with E-state index in [1.54, 1.807) is 0 Å². The molecule has 17 heavy (non-hydrogen) atoms. The molecule has 0 aliphatic heterocycles. The second-order valence-electron chi connectivity index (χ2n) is 3.90. The molecule has 2 aromatic rings. The van der Waals surface area contributed by atoms with Crippen LogP contribution in [0.3, 0.4) is 0 Å². The lowest BCUT2D eigenvalue weighted by Crippen LogP contribution is -1.92. The molecule has 0 radical (unpaired) electrons. The summed E-state index contributed by atoms with van der Waals surface area (Å²) in [6.07, 6.45) is 0.866. The molecule has 0 atom stereocenters. The van der Waals surface area contributed by atoms with Crippen LogP contribution in [0.2, 0.25) is 0 Å². The lowest BCUT2D eigenvalue weighted by molar-refractivity contribution is 0.0652. The fourth-order valence-electron chi connectivity index (χ4n) is 1.74. The number of carbonyl (C=O) groups is 1. The van der Waals surface area contributed by atoms with Gasteiger partial charge in [0.2, 0.25) is 5.76 Å². The second-order valence-corrected chi connectivity index (χ2v) is 3.90. The first-order valence-electron chi connectivity index (χ1n) is 5.41. The largest absolute Gasteiger partial charge is 0.475 e. The van der Waals surface area contributed by atoms with Crippen molar-refractivity contribution in [1.82, 2.24) is 5.16 Å². The highest BCUT2D eigenvalue weighted by molar-refractivity contribution is 5.85. The quantitative estimate of drug-likeness (QED) is 0.882. The molecule has 88 valence electrons. The molecule has 1 heterocycles. The van der Waals surface area contributed by atoms with Crippen molar-refractivity contribution in [3.8, 4) is 11.3 Å². The molecule has 0 aliphatic carbocycles. The number of hydrogen-bond donors (Lipinski definition) is 1. The Kier molecular flexibility index (Phi) is 2.95. The van der Waals surface area contributed by atoms with Crippen LogP contribution in [-0.2, 0) is 6.42 Å². The summed E-state index contributed by atoms with van der Waals surface area (Å²) < 4.78 is 4.77. The highest BCUT2D eigenvalue weighted by Crippen LogP contribution is 2.25. The molecule has 0 aliphatic rings. The molecule has 1 aromatic heterocycles. The standard InChI is InChI=1S/C13H13NO3/c1-3-9-5-4-8(2)6-10(9)11-7-12(13(15)16)17-14-11/h4-7H,3H2,1-2H3,(H,15,16). The Balaban J connectivity index is 2.51. The number of hydrogen-bond acceptors (Lipinski definition) is 3. The van der Waals surface area contributed by atoms with Crippen LogP contribution in [0.15, 0.2) is 28.8 Å². The van der Waals surface area contributed by atoms with E-state index in [-0.39, 0.29) is 5.76 Å². The van der Waals surface area contributed by atoms with Crippen molar-refractivity contribution in [2.75, 3.05) is 0 Å². The fraction of sp³-hybridized carbons (Fsp3) is 0.231. The van der Waals surface area contributed by atoms with Crippen molar-refractivity contribution in [3.63, 3.8) is 0 Å². The maximum atomic E-state index is 10.7. The van der Waals surface area contributed by atoms with E-state index >= 15 is 0 Å². The van der Waals surface area contributed by atoms with Gasteiger partial charge in [-0.05, 0) is 25.0 Å². The number of benzene rings is 1. The lowest BCUT2D eigenvalue weighted by atomic mass is 10.00. The normalized spacial score (nSPS) is 10.5. The van der Waals surface area contributed by atoms with E-state index in [4.69, 9.17) is 9.63 Å². The number of carboxylic acids is 1. The molecule has 0 saturated carbocycles. The maximum absolute atomic E-state index is 10.7. The molecule has 1 N–H and O–H groups in total. The zero-order valence-electron chi connectivity index (χ0n) is 9.73. The third kappa shape index (κ3) is 2.20. The van der Waals surface area contributed by atoms with Crippen LogP contribution in [-0.4, -0.2) is 16.2 Å². The van der Waals surface area contributed by atoms with Crippen molar-refractivity contribution in [1.29, 1.82) is 0 Å². The van der Waals surface area contributed by atoms with E-state index < -0.39 is 5.97 Å². The third-order valence-corrected chi connectivity index (χ3v) is 2.64. The topological polar surface area (TPSA) is 63.3 Å². The zero-order chi connectivity index (χ0) is 12.4. The van der Waals surface area contributed by atoms with Gasteiger partial charge < -0.3 is 9.63 Å². The van der Waals surface area contributed by atoms with E-state index in [1.807, 2.05) is 32.0 Å². The van der Waals surface area contributed by atoms with Crippen LogP contribution in [0, 0.1) is 6.92 Å².